The Balaban J connectivity index is 0.00000673. The number of rotatable bonds is 16. The number of anilines is 1. The van der Waals surface area contributed by atoms with Crippen LogP contribution in [-0.4, -0.2) is 71.5 Å². The van der Waals surface area contributed by atoms with Crippen LogP contribution in [0.3, 0.4) is 0 Å². The van der Waals surface area contributed by atoms with Crippen molar-refractivity contribution in [2.75, 3.05) is 31.5 Å². The van der Waals surface area contributed by atoms with Crippen molar-refractivity contribution < 1.29 is 23.2 Å². The number of hydrogen-bond donors (Lipinski definition) is 6. The Hall–Kier alpha value is -4.92. The van der Waals surface area contributed by atoms with Crippen LogP contribution >= 0.6 is 23.2 Å². The van der Waals surface area contributed by atoms with E-state index in [9.17, 15) is 23.2 Å². The lowest BCUT2D eigenvalue weighted by molar-refractivity contribution is -0.130. The van der Waals surface area contributed by atoms with Gasteiger partial charge in [0.25, 0.3) is 0 Å². The van der Waals surface area contributed by atoms with Crippen molar-refractivity contribution >= 4 is 63.6 Å². The highest BCUT2D eigenvalue weighted by molar-refractivity contribution is 6.36. The summed E-state index contributed by atoms with van der Waals surface area (Å²) in [6, 6.07) is 11.1. The van der Waals surface area contributed by atoms with Gasteiger partial charge in [-0.1, -0.05) is 48.8 Å². The predicted molar refractivity (Wildman–Crippen MR) is 215 cm³/mol. The van der Waals surface area contributed by atoms with Gasteiger partial charge in [-0.05, 0) is 93.2 Å². The van der Waals surface area contributed by atoms with Crippen molar-refractivity contribution in [3.05, 3.63) is 99.2 Å². The van der Waals surface area contributed by atoms with Gasteiger partial charge >= 0.3 is 6.03 Å². The fourth-order valence-electron chi connectivity index (χ4n) is 6.52. The second kappa shape index (κ2) is 20.1. The standard InChI is InChI=1S/C38H45Cl2F2N9O3.CH4/c1-2-45-35(52)32(9-6-14-46-37(43)44)48-36(53)33(18-23-10-13-30(41)31(42)17-23)49-38(54)47-25-11-12-26-24(20-50-15-3-4-16-50)21-51(34(26)19-25)22-27-28(39)7-5-8-29(27)40;/h5,7-8,10-13,17,19,21,32-33H,2-4,6,9,14-16,18,20,22H2,1H3,(H,45,52)(H,48,53)(H4,43,44,46)(H2,47,49,54);1H4/t32-,33-;/m0./s1. The number of benzene rings is 3. The first kappa shape index (κ1) is 42.8. The smallest absolute Gasteiger partial charge is 0.319 e. The first-order valence-electron chi connectivity index (χ1n) is 17.8. The molecule has 4 aromatic rings. The monoisotopic (exact) mass is 799 g/mol. The van der Waals surface area contributed by atoms with E-state index >= 15 is 0 Å². The van der Waals surface area contributed by atoms with Crippen LogP contribution in [0, 0.1) is 11.6 Å². The number of likely N-dealkylation sites (N-methyl/N-ethyl adjacent to an activating group) is 1. The Morgan fingerprint density at radius 1 is 0.909 bits per heavy atom. The number of nitrogens with zero attached hydrogens (tertiary/aromatic N) is 3. The maximum absolute atomic E-state index is 14.2. The minimum Gasteiger partial charge on any atom is -0.370 e. The number of likely N-dealkylation sites (tertiary alicyclic amines) is 1. The molecule has 8 N–H and O–H groups in total. The summed E-state index contributed by atoms with van der Waals surface area (Å²) in [4.78, 5) is 46.5. The number of carbonyl (C=O) groups is 3. The number of carbonyl (C=O) groups excluding carboxylic acids is 3. The summed E-state index contributed by atoms with van der Waals surface area (Å²) in [5.41, 5.74) is 14.2. The van der Waals surface area contributed by atoms with E-state index in [0.717, 1.165) is 66.6 Å². The van der Waals surface area contributed by atoms with Crippen LogP contribution in [0.1, 0.15) is 56.7 Å². The molecular formula is C39H49Cl2F2N9O3. The number of nitrogens with two attached hydrogens (primary N) is 2. The van der Waals surface area contributed by atoms with E-state index in [1.807, 2.05) is 16.7 Å². The molecule has 1 aliphatic rings. The topological polar surface area (TPSA) is 172 Å². The predicted octanol–water partition coefficient (Wildman–Crippen LogP) is 5.91. The summed E-state index contributed by atoms with van der Waals surface area (Å²) in [5, 5.41) is 12.9. The molecule has 4 amide bonds. The van der Waals surface area contributed by atoms with Crippen LogP contribution in [0.2, 0.25) is 10.0 Å². The summed E-state index contributed by atoms with van der Waals surface area (Å²) < 4.78 is 30.0. The summed E-state index contributed by atoms with van der Waals surface area (Å²) in [6.07, 6.45) is 4.74. The number of urea groups is 1. The van der Waals surface area contributed by atoms with Crippen molar-refractivity contribution in [3.63, 3.8) is 0 Å². The van der Waals surface area contributed by atoms with Crippen molar-refractivity contribution in [2.24, 2.45) is 16.5 Å². The molecule has 0 unspecified atom stereocenters. The Bertz CT molecular complexity index is 1980. The number of guanidine groups is 1. The largest absolute Gasteiger partial charge is 0.370 e. The molecule has 0 bridgehead atoms. The molecule has 2 heterocycles. The molecule has 1 fully saturated rings. The van der Waals surface area contributed by atoms with Crippen molar-refractivity contribution in [3.8, 4) is 0 Å². The average molecular weight is 801 g/mol. The fourth-order valence-corrected chi connectivity index (χ4v) is 7.03. The van der Waals surface area contributed by atoms with Crippen molar-refractivity contribution in [1.82, 2.24) is 25.4 Å². The molecule has 1 aliphatic heterocycles. The molecule has 0 spiro atoms. The van der Waals surface area contributed by atoms with Gasteiger partial charge in [-0.2, -0.15) is 0 Å². The molecule has 12 nitrogen and oxygen atoms in total. The molecule has 0 saturated carbocycles. The normalized spacial score (nSPS) is 13.8. The number of aromatic nitrogens is 1. The second-order valence-corrected chi connectivity index (χ2v) is 14.0. The molecule has 1 saturated heterocycles. The SMILES string of the molecule is C.CCNC(=O)[C@H](CCCN=C(N)N)NC(=O)[C@H](Cc1ccc(F)c(F)c1)NC(=O)Nc1ccc2c(CN3CCCC3)cn(Cc3c(Cl)cccc3Cl)c2c1. The zero-order valence-electron chi connectivity index (χ0n) is 29.9. The van der Waals surface area contributed by atoms with Gasteiger partial charge in [-0.3, -0.25) is 19.5 Å². The number of fused-ring (bicyclic) bond motifs is 1. The fraction of sp³-hybridized carbons (Fsp3) is 0.385. The molecule has 0 aliphatic carbocycles. The number of amides is 4. The molecule has 55 heavy (non-hydrogen) atoms. The van der Waals surface area contributed by atoms with Crippen molar-refractivity contribution in [2.45, 2.75) is 71.6 Å². The molecular weight excluding hydrogens is 751 g/mol. The maximum Gasteiger partial charge on any atom is 0.319 e. The minimum absolute atomic E-state index is 0. The average Bonchev–Trinajstić information content (AvgIpc) is 3.76. The van der Waals surface area contributed by atoms with E-state index in [0.29, 0.717) is 35.2 Å². The van der Waals surface area contributed by atoms with Gasteiger partial charge in [0.15, 0.2) is 17.6 Å². The first-order valence-corrected chi connectivity index (χ1v) is 18.6. The van der Waals surface area contributed by atoms with E-state index in [4.69, 9.17) is 34.7 Å². The molecule has 5 rings (SSSR count). The van der Waals surface area contributed by atoms with Gasteiger partial charge < -0.3 is 37.3 Å². The third kappa shape index (κ3) is 11.8. The van der Waals surface area contributed by atoms with Crippen molar-refractivity contribution in [1.29, 1.82) is 0 Å². The minimum atomic E-state index is -1.29. The van der Waals surface area contributed by atoms with E-state index in [1.54, 1.807) is 31.2 Å². The second-order valence-electron chi connectivity index (χ2n) is 13.2. The highest BCUT2D eigenvalue weighted by atomic mass is 35.5. The van der Waals surface area contributed by atoms with E-state index in [1.165, 1.54) is 6.07 Å². The van der Waals surface area contributed by atoms with Crippen LogP contribution in [0.25, 0.3) is 10.9 Å². The Morgan fingerprint density at radius 2 is 1.64 bits per heavy atom. The summed E-state index contributed by atoms with van der Waals surface area (Å²) >= 11 is 13.1. The van der Waals surface area contributed by atoms with Crippen LogP contribution in [0.4, 0.5) is 19.3 Å². The third-order valence-electron chi connectivity index (χ3n) is 9.18. The lowest BCUT2D eigenvalue weighted by atomic mass is 10.0. The number of hydrogen-bond acceptors (Lipinski definition) is 5. The number of nitrogens with one attached hydrogen (secondary N) is 4. The van der Waals surface area contributed by atoms with Gasteiger partial charge in [0.1, 0.15) is 12.1 Å². The lowest BCUT2D eigenvalue weighted by Crippen LogP contribution is -2.55. The van der Waals surface area contributed by atoms with Crippen LogP contribution in [-0.2, 0) is 29.1 Å². The first-order chi connectivity index (χ1) is 25.9. The van der Waals surface area contributed by atoms with Gasteiger partial charge in [-0.25, -0.2) is 13.6 Å². The molecule has 0 radical (unpaired) electrons. The Labute approximate surface area is 330 Å². The van der Waals surface area contributed by atoms with E-state index in [-0.39, 0.29) is 38.3 Å². The highest BCUT2D eigenvalue weighted by Gasteiger charge is 2.27. The maximum atomic E-state index is 14.2. The zero-order valence-corrected chi connectivity index (χ0v) is 31.5. The quantitative estimate of drug-likeness (QED) is 0.0467. The third-order valence-corrected chi connectivity index (χ3v) is 9.89. The van der Waals surface area contributed by atoms with Gasteiger partial charge in [0.2, 0.25) is 11.8 Å². The molecule has 1 aromatic heterocycles. The van der Waals surface area contributed by atoms with Gasteiger partial charge in [-0.15, -0.1) is 0 Å². The Kier molecular flexibility index (Phi) is 15.7. The van der Waals surface area contributed by atoms with Crippen LogP contribution < -0.4 is 32.7 Å². The lowest BCUT2D eigenvalue weighted by Gasteiger charge is -2.23. The van der Waals surface area contributed by atoms with Crippen LogP contribution in [0.15, 0.2) is 65.8 Å². The van der Waals surface area contributed by atoms with E-state index in [2.05, 4.69) is 37.4 Å². The number of halogens is 4. The van der Waals surface area contributed by atoms with Gasteiger partial charge in [0.05, 0.1) is 12.1 Å². The number of aliphatic imine (C=N–C) groups is 1. The summed E-state index contributed by atoms with van der Waals surface area (Å²) in [6.45, 7) is 5.47. The molecule has 296 valence electrons. The Morgan fingerprint density at radius 3 is 2.31 bits per heavy atom. The molecule has 2 atom stereocenters. The van der Waals surface area contributed by atoms with Crippen LogP contribution in [0.5, 0.6) is 0 Å². The van der Waals surface area contributed by atoms with Gasteiger partial charge in [0, 0.05) is 58.9 Å². The zero-order chi connectivity index (χ0) is 38.8. The van der Waals surface area contributed by atoms with E-state index < -0.39 is 41.6 Å². The highest BCUT2D eigenvalue weighted by Crippen LogP contribution is 2.31. The molecule has 3 aromatic carbocycles. The molecule has 16 heteroatoms. The summed E-state index contributed by atoms with van der Waals surface area (Å²) in [5.74, 6) is -3.40. The summed E-state index contributed by atoms with van der Waals surface area (Å²) in [7, 11) is 0.